The van der Waals surface area contributed by atoms with E-state index in [0.717, 1.165) is 17.0 Å². The van der Waals surface area contributed by atoms with E-state index in [4.69, 9.17) is 4.98 Å². The van der Waals surface area contributed by atoms with Crippen LogP contribution in [-0.2, 0) is 0 Å². The number of hydrogen-bond acceptors (Lipinski definition) is 1. The Morgan fingerprint density at radius 3 is 1.85 bits per heavy atom. The van der Waals surface area contributed by atoms with Crippen LogP contribution in [0.25, 0.3) is 22.4 Å². The third kappa shape index (κ3) is 4.81. The van der Waals surface area contributed by atoms with Crippen molar-refractivity contribution in [2.24, 2.45) is 0 Å². The van der Waals surface area contributed by atoms with Crippen LogP contribution in [0.5, 0.6) is 0 Å². The summed E-state index contributed by atoms with van der Waals surface area (Å²) in [6, 6.07) is 20.3. The Kier molecular flexibility index (Phi) is 7.27. The molecule has 172 valence electrons. The third-order valence-electron chi connectivity index (χ3n) is 7.93. The highest BCUT2D eigenvalue weighted by molar-refractivity contribution is 7.67. The molecule has 0 atom stereocenters. The van der Waals surface area contributed by atoms with E-state index in [1.54, 1.807) is 5.30 Å². The Hall–Kier alpha value is -1.98. The van der Waals surface area contributed by atoms with Crippen molar-refractivity contribution in [3.05, 3.63) is 71.9 Å². The molecule has 2 aliphatic rings. The SMILES string of the molecule is Cc1cccc(-c2ccccn2)c1-c1c(C)cccc1P(C1CCCCC1)C1CCCCC1. The van der Waals surface area contributed by atoms with E-state index in [0.29, 0.717) is 0 Å². The first-order valence-corrected chi connectivity index (χ1v) is 14.6. The van der Waals surface area contributed by atoms with Crippen molar-refractivity contribution >= 4 is 13.2 Å². The maximum absolute atomic E-state index is 4.77. The Labute approximate surface area is 201 Å². The van der Waals surface area contributed by atoms with E-state index < -0.39 is 0 Å². The molecule has 0 aliphatic heterocycles. The predicted molar refractivity (Wildman–Crippen MR) is 145 cm³/mol. The lowest BCUT2D eigenvalue weighted by atomic mass is 9.90. The smallest absolute Gasteiger partial charge is 0.0708 e. The molecule has 0 saturated heterocycles. The Bertz CT molecular complexity index is 1040. The first-order chi connectivity index (χ1) is 16.2. The van der Waals surface area contributed by atoms with Crippen LogP contribution >= 0.6 is 7.92 Å². The molecule has 0 bridgehead atoms. The monoisotopic (exact) mass is 455 g/mol. The Morgan fingerprint density at radius 1 is 0.636 bits per heavy atom. The zero-order valence-electron chi connectivity index (χ0n) is 20.4. The maximum atomic E-state index is 4.77. The minimum absolute atomic E-state index is 0.167. The van der Waals surface area contributed by atoms with Gasteiger partial charge in [-0.2, -0.15) is 0 Å². The fourth-order valence-corrected chi connectivity index (χ4v) is 10.4. The molecular formula is C31H38NP. The van der Waals surface area contributed by atoms with Crippen molar-refractivity contribution in [3.63, 3.8) is 0 Å². The summed E-state index contributed by atoms with van der Waals surface area (Å²) in [4.78, 5) is 4.77. The van der Waals surface area contributed by atoms with Crippen molar-refractivity contribution < 1.29 is 0 Å². The molecule has 0 N–H and O–H groups in total. The number of pyridine rings is 1. The molecule has 5 rings (SSSR count). The van der Waals surface area contributed by atoms with Crippen molar-refractivity contribution in [2.75, 3.05) is 0 Å². The quantitative estimate of drug-likeness (QED) is 0.350. The Balaban J connectivity index is 1.70. The second-order valence-corrected chi connectivity index (χ2v) is 12.9. The lowest BCUT2D eigenvalue weighted by Crippen LogP contribution is -2.27. The van der Waals surface area contributed by atoms with Crippen LogP contribution in [0.15, 0.2) is 60.8 Å². The average molecular weight is 456 g/mol. The minimum atomic E-state index is -0.167. The summed E-state index contributed by atoms with van der Waals surface area (Å²) in [7, 11) is -0.167. The first kappa shape index (κ1) is 22.8. The number of nitrogens with zero attached hydrogens (tertiary/aromatic N) is 1. The highest BCUT2D eigenvalue weighted by atomic mass is 31.1. The number of rotatable bonds is 5. The lowest BCUT2D eigenvalue weighted by Gasteiger charge is -2.40. The van der Waals surface area contributed by atoms with Crippen LogP contribution in [-0.4, -0.2) is 16.3 Å². The van der Waals surface area contributed by atoms with Crippen molar-refractivity contribution in [3.8, 4) is 22.4 Å². The van der Waals surface area contributed by atoms with E-state index in [1.165, 1.54) is 92.0 Å². The van der Waals surface area contributed by atoms with Crippen molar-refractivity contribution in [1.82, 2.24) is 4.98 Å². The molecule has 2 fully saturated rings. The van der Waals surface area contributed by atoms with Crippen LogP contribution in [0.3, 0.4) is 0 Å². The van der Waals surface area contributed by atoms with E-state index in [9.17, 15) is 0 Å². The molecule has 1 nitrogen and oxygen atoms in total. The van der Waals surface area contributed by atoms with Gasteiger partial charge in [-0.15, -0.1) is 0 Å². The van der Waals surface area contributed by atoms with Crippen LogP contribution < -0.4 is 5.30 Å². The van der Waals surface area contributed by atoms with Gasteiger partial charge in [0.25, 0.3) is 0 Å². The summed E-state index contributed by atoms with van der Waals surface area (Å²) < 4.78 is 0. The topological polar surface area (TPSA) is 12.9 Å². The van der Waals surface area contributed by atoms with Gasteiger partial charge in [-0.3, -0.25) is 4.98 Å². The number of hydrogen-bond donors (Lipinski definition) is 0. The van der Waals surface area contributed by atoms with Gasteiger partial charge in [0.1, 0.15) is 0 Å². The summed E-state index contributed by atoms with van der Waals surface area (Å²) in [5.41, 5.74) is 9.92. The largest absolute Gasteiger partial charge is 0.256 e. The van der Waals surface area contributed by atoms with Crippen LogP contribution in [0.2, 0.25) is 0 Å². The van der Waals surface area contributed by atoms with Crippen molar-refractivity contribution in [1.29, 1.82) is 0 Å². The molecule has 1 heterocycles. The van der Waals surface area contributed by atoms with Crippen LogP contribution in [0, 0.1) is 13.8 Å². The Morgan fingerprint density at radius 2 is 1.24 bits per heavy atom. The average Bonchev–Trinajstić information content (AvgIpc) is 2.87. The number of benzene rings is 2. The zero-order chi connectivity index (χ0) is 22.6. The van der Waals surface area contributed by atoms with E-state index in [1.807, 2.05) is 12.3 Å². The standard InChI is InChI=1S/C31H38NP/c1-23-13-11-19-27(28-20-9-10-22-32-28)30(23)31-24(2)14-12-21-29(31)33(25-15-5-3-6-16-25)26-17-7-4-8-18-26/h9-14,19-22,25-26H,3-8,15-18H2,1-2H3. The van der Waals surface area contributed by atoms with Crippen LogP contribution in [0.1, 0.15) is 75.3 Å². The molecule has 33 heavy (non-hydrogen) atoms. The molecular weight excluding hydrogens is 417 g/mol. The van der Waals surface area contributed by atoms with Crippen LogP contribution in [0.4, 0.5) is 0 Å². The number of aromatic nitrogens is 1. The summed E-state index contributed by atoms with van der Waals surface area (Å²) in [5, 5.41) is 1.69. The second-order valence-electron chi connectivity index (χ2n) is 10.2. The zero-order valence-corrected chi connectivity index (χ0v) is 21.3. The van der Waals surface area contributed by atoms with Gasteiger partial charge in [0.15, 0.2) is 0 Å². The van der Waals surface area contributed by atoms with Gasteiger partial charge >= 0.3 is 0 Å². The van der Waals surface area contributed by atoms with Crippen molar-refractivity contribution in [2.45, 2.75) is 89.4 Å². The minimum Gasteiger partial charge on any atom is -0.256 e. The molecule has 0 radical (unpaired) electrons. The first-order valence-electron chi connectivity index (χ1n) is 13.1. The molecule has 2 saturated carbocycles. The molecule has 1 aromatic heterocycles. The summed E-state index contributed by atoms with van der Waals surface area (Å²) in [6.45, 7) is 4.63. The van der Waals surface area contributed by atoms with Gasteiger partial charge in [-0.05, 0) is 90.5 Å². The van der Waals surface area contributed by atoms with E-state index in [-0.39, 0.29) is 7.92 Å². The van der Waals surface area contributed by atoms with E-state index in [2.05, 4.69) is 62.4 Å². The predicted octanol–water partition coefficient (Wildman–Crippen LogP) is 8.81. The highest BCUT2D eigenvalue weighted by Crippen LogP contribution is 2.57. The normalized spacial score (nSPS) is 18.0. The second kappa shape index (κ2) is 10.5. The maximum Gasteiger partial charge on any atom is 0.0708 e. The third-order valence-corrected chi connectivity index (χ3v) is 11.5. The summed E-state index contributed by atoms with van der Waals surface area (Å²) >= 11 is 0. The summed E-state index contributed by atoms with van der Waals surface area (Å²) in [5.74, 6) is 0. The molecule has 2 aromatic carbocycles. The lowest BCUT2D eigenvalue weighted by molar-refractivity contribution is 0.487. The number of aryl methyl sites for hydroxylation is 2. The van der Waals surface area contributed by atoms with Gasteiger partial charge in [0.2, 0.25) is 0 Å². The fourth-order valence-electron chi connectivity index (χ4n) is 6.34. The molecule has 0 amide bonds. The highest BCUT2D eigenvalue weighted by Gasteiger charge is 2.34. The molecule has 0 spiro atoms. The molecule has 2 heteroatoms. The molecule has 0 unspecified atom stereocenters. The molecule has 3 aromatic rings. The van der Waals surface area contributed by atoms with E-state index >= 15 is 0 Å². The summed E-state index contributed by atoms with van der Waals surface area (Å²) in [6.07, 6.45) is 16.3. The molecule has 2 aliphatic carbocycles. The van der Waals surface area contributed by atoms with Gasteiger partial charge in [0.05, 0.1) is 5.69 Å². The van der Waals surface area contributed by atoms with Gasteiger partial charge in [0, 0.05) is 11.8 Å². The van der Waals surface area contributed by atoms with Gasteiger partial charge < -0.3 is 0 Å². The van der Waals surface area contributed by atoms with Gasteiger partial charge in [-0.25, -0.2) is 0 Å². The fraction of sp³-hybridized carbons (Fsp3) is 0.452. The van der Waals surface area contributed by atoms with Gasteiger partial charge in [-0.1, -0.05) is 88.9 Å².